The zero-order valence-electron chi connectivity index (χ0n) is 18.0. The second-order valence-electron chi connectivity index (χ2n) is 9.72. The lowest BCUT2D eigenvalue weighted by molar-refractivity contribution is 0.437. The highest BCUT2D eigenvalue weighted by atomic mass is 16.3. The Balaban J connectivity index is 2.34. The van der Waals surface area contributed by atoms with Crippen molar-refractivity contribution in [1.82, 2.24) is 0 Å². The van der Waals surface area contributed by atoms with E-state index in [2.05, 4.69) is 102 Å². The zero-order chi connectivity index (χ0) is 20.5. The average Bonchev–Trinajstić information content (AvgIpc) is 2.63. The van der Waals surface area contributed by atoms with Gasteiger partial charge in [0.05, 0.1) is 0 Å². The lowest BCUT2D eigenvalue weighted by Crippen LogP contribution is -2.18. The number of phenolic OH excluding ortho intramolecular Hbond substituents is 1. The van der Waals surface area contributed by atoms with E-state index in [-0.39, 0.29) is 16.7 Å². The summed E-state index contributed by atoms with van der Waals surface area (Å²) in [6.07, 6.45) is 0. The van der Waals surface area contributed by atoms with Crippen LogP contribution in [0.1, 0.15) is 75.3 Å². The van der Waals surface area contributed by atoms with Crippen LogP contribution in [0.15, 0.2) is 72.8 Å². The van der Waals surface area contributed by atoms with Crippen LogP contribution in [0.3, 0.4) is 0 Å². The minimum atomic E-state index is -0.141. The van der Waals surface area contributed by atoms with E-state index < -0.39 is 0 Å². The van der Waals surface area contributed by atoms with Crippen molar-refractivity contribution in [2.75, 3.05) is 0 Å². The molecule has 0 aliphatic heterocycles. The SMILES string of the molecule is CC(C)(C)c1cc(C(c2ccccc2)c2ccccc2)c(O)c(C(C)(C)C)c1. The van der Waals surface area contributed by atoms with Crippen LogP contribution >= 0.6 is 0 Å². The van der Waals surface area contributed by atoms with Gasteiger partial charge in [-0.2, -0.15) is 0 Å². The Morgan fingerprint density at radius 2 is 1.11 bits per heavy atom. The Hall–Kier alpha value is -2.54. The molecule has 0 aliphatic carbocycles. The standard InChI is InChI=1S/C27H32O/c1-26(2,3)21-17-22(25(28)23(18-21)27(4,5)6)24(19-13-9-7-10-14-19)20-15-11-8-12-16-20/h7-18,24,28H,1-6H3. The molecule has 0 fully saturated rings. The second-order valence-corrected chi connectivity index (χ2v) is 9.72. The first-order valence-corrected chi connectivity index (χ1v) is 10.1. The summed E-state index contributed by atoms with van der Waals surface area (Å²) in [5.74, 6) is 0.406. The molecule has 0 aliphatic rings. The number of phenols is 1. The molecule has 0 bridgehead atoms. The maximum absolute atomic E-state index is 11.4. The molecule has 1 heteroatoms. The van der Waals surface area contributed by atoms with E-state index in [1.54, 1.807) is 0 Å². The van der Waals surface area contributed by atoms with Crippen LogP contribution in [0.25, 0.3) is 0 Å². The molecule has 0 radical (unpaired) electrons. The van der Waals surface area contributed by atoms with Gasteiger partial charge in [-0.15, -0.1) is 0 Å². The van der Waals surface area contributed by atoms with Gasteiger partial charge in [0, 0.05) is 11.5 Å². The molecule has 0 heterocycles. The summed E-state index contributed by atoms with van der Waals surface area (Å²) in [5, 5.41) is 11.4. The van der Waals surface area contributed by atoms with E-state index in [0.717, 1.165) is 11.1 Å². The number of benzene rings is 3. The van der Waals surface area contributed by atoms with Gasteiger partial charge in [0.25, 0.3) is 0 Å². The Kier molecular flexibility index (Phi) is 5.39. The van der Waals surface area contributed by atoms with Gasteiger partial charge in [-0.1, -0.05) is 114 Å². The molecule has 0 spiro atoms. The number of hydrogen-bond acceptors (Lipinski definition) is 1. The first-order chi connectivity index (χ1) is 13.1. The summed E-state index contributed by atoms with van der Waals surface area (Å²) in [5.41, 5.74) is 5.48. The molecule has 1 nitrogen and oxygen atoms in total. The van der Waals surface area contributed by atoms with E-state index in [1.165, 1.54) is 16.7 Å². The maximum Gasteiger partial charge on any atom is 0.123 e. The first-order valence-electron chi connectivity index (χ1n) is 10.1. The molecule has 0 saturated heterocycles. The molecule has 0 aromatic heterocycles. The largest absolute Gasteiger partial charge is 0.507 e. The van der Waals surface area contributed by atoms with Crippen molar-refractivity contribution in [1.29, 1.82) is 0 Å². The monoisotopic (exact) mass is 372 g/mol. The fraction of sp³-hybridized carbons (Fsp3) is 0.333. The first kappa shape index (κ1) is 20.2. The van der Waals surface area contributed by atoms with Gasteiger partial charge in [0.15, 0.2) is 0 Å². The average molecular weight is 373 g/mol. The van der Waals surface area contributed by atoms with Crippen molar-refractivity contribution in [3.63, 3.8) is 0 Å². The maximum atomic E-state index is 11.4. The van der Waals surface area contributed by atoms with Crippen LogP contribution in [-0.2, 0) is 10.8 Å². The van der Waals surface area contributed by atoms with Gasteiger partial charge in [-0.25, -0.2) is 0 Å². The lowest BCUT2D eigenvalue weighted by atomic mass is 9.75. The van der Waals surface area contributed by atoms with Gasteiger partial charge in [0.2, 0.25) is 0 Å². The fourth-order valence-corrected chi connectivity index (χ4v) is 3.72. The summed E-state index contributed by atoms with van der Waals surface area (Å²) in [4.78, 5) is 0. The van der Waals surface area contributed by atoms with E-state index in [1.807, 2.05) is 12.1 Å². The van der Waals surface area contributed by atoms with E-state index >= 15 is 0 Å². The zero-order valence-corrected chi connectivity index (χ0v) is 18.0. The summed E-state index contributed by atoms with van der Waals surface area (Å²) in [6, 6.07) is 25.4. The third kappa shape index (κ3) is 4.14. The predicted octanol–water partition coefficient (Wildman–Crippen LogP) is 7.17. The number of hydrogen-bond donors (Lipinski definition) is 1. The summed E-state index contributed by atoms with van der Waals surface area (Å²) in [7, 11) is 0. The Morgan fingerprint density at radius 3 is 1.50 bits per heavy atom. The minimum Gasteiger partial charge on any atom is -0.507 e. The van der Waals surface area contributed by atoms with Crippen LogP contribution in [0.5, 0.6) is 5.75 Å². The smallest absolute Gasteiger partial charge is 0.123 e. The molecule has 3 rings (SSSR count). The molecule has 0 amide bonds. The van der Waals surface area contributed by atoms with Crippen LogP contribution in [0.2, 0.25) is 0 Å². The highest BCUT2D eigenvalue weighted by Crippen LogP contribution is 2.44. The normalized spacial score (nSPS) is 12.4. The molecule has 28 heavy (non-hydrogen) atoms. The third-order valence-corrected chi connectivity index (χ3v) is 5.39. The van der Waals surface area contributed by atoms with Crippen molar-refractivity contribution in [3.05, 3.63) is 101 Å². The quantitative estimate of drug-likeness (QED) is 0.483. The van der Waals surface area contributed by atoms with Crippen LogP contribution in [0, 0.1) is 0 Å². The second kappa shape index (κ2) is 7.47. The van der Waals surface area contributed by atoms with Crippen LogP contribution in [0.4, 0.5) is 0 Å². The van der Waals surface area contributed by atoms with Crippen LogP contribution in [-0.4, -0.2) is 5.11 Å². The molecule has 1 N–H and O–H groups in total. The minimum absolute atomic E-state index is 0.000373. The summed E-state index contributed by atoms with van der Waals surface area (Å²) in [6.45, 7) is 13.2. The van der Waals surface area contributed by atoms with Crippen molar-refractivity contribution in [3.8, 4) is 5.75 Å². The van der Waals surface area contributed by atoms with Crippen molar-refractivity contribution in [2.45, 2.75) is 58.3 Å². The lowest BCUT2D eigenvalue weighted by Gasteiger charge is -2.30. The van der Waals surface area contributed by atoms with E-state index in [4.69, 9.17) is 0 Å². The van der Waals surface area contributed by atoms with Crippen molar-refractivity contribution >= 4 is 0 Å². The van der Waals surface area contributed by atoms with E-state index in [9.17, 15) is 5.11 Å². The topological polar surface area (TPSA) is 20.2 Å². The highest BCUT2D eigenvalue weighted by molar-refractivity contribution is 5.55. The fourth-order valence-electron chi connectivity index (χ4n) is 3.72. The van der Waals surface area contributed by atoms with Crippen molar-refractivity contribution in [2.24, 2.45) is 0 Å². The van der Waals surface area contributed by atoms with Gasteiger partial charge in [0.1, 0.15) is 5.75 Å². The number of aromatic hydroxyl groups is 1. The van der Waals surface area contributed by atoms with Crippen molar-refractivity contribution < 1.29 is 5.11 Å². The number of rotatable bonds is 3. The molecule has 3 aromatic rings. The molecule has 0 unspecified atom stereocenters. The Morgan fingerprint density at radius 1 is 0.643 bits per heavy atom. The van der Waals surface area contributed by atoms with Gasteiger partial charge >= 0.3 is 0 Å². The van der Waals surface area contributed by atoms with Gasteiger partial charge in [-0.05, 0) is 33.1 Å². The molecule has 3 aromatic carbocycles. The Labute approximate surface area is 170 Å². The molecular formula is C27H32O. The van der Waals surface area contributed by atoms with Gasteiger partial charge in [-0.3, -0.25) is 0 Å². The molecule has 146 valence electrons. The van der Waals surface area contributed by atoms with Crippen LogP contribution < -0.4 is 0 Å². The summed E-state index contributed by atoms with van der Waals surface area (Å²) < 4.78 is 0. The summed E-state index contributed by atoms with van der Waals surface area (Å²) >= 11 is 0. The van der Waals surface area contributed by atoms with Gasteiger partial charge < -0.3 is 5.11 Å². The molecular weight excluding hydrogens is 340 g/mol. The highest BCUT2D eigenvalue weighted by Gasteiger charge is 2.29. The molecule has 0 saturated carbocycles. The Bertz CT molecular complexity index is 886. The van der Waals surface area contributed by atoms with E-state index in [0.29, 0.717) is 5.75 Å². The molecule has 0 atom stereocenters. The predicted molar refractivity (Wildman–Crippen MR) is 119 cm³/mol. The third-order valence-electron chi connectivity index (χ3n) is 5.39.